The average molecular weight is 444 g/mol. The highest BCUT2D eigenvalue weighted by Crippen LogP contribution is 2.33. The molecular weight excluding hydrogens is 414 g/mol. The van der Waals surface area contributed by atoms with Crippen molar-refractivity contribution in [2.45, 2.75) is 41.0 Å². The molecule has 0 radical (unpaired) electrons. The second-order valence-electron chi connectivity index (χ2n) is 7.68. The molecule has 0 atom stereocenters. The first-order valence-electron chi connectivity index (χ1n) is 10.5. The van der Waals surface area contributed by atoms with Gasteiger partial charge in [0.05, 0.1) is 16.6 Å². The molecular formula is C24H30ClN3OS. The molecule has 0 aliphatic carbocycles. The molecule has 0 unspecified atom stereocenters. The lowest BCUT2D eigenvalue weighted by Gasteiger charge is -2.25. The zero-order valence-corrected chi connectivity index (χ0v) is 20.0. The number of anilines is 1. The van der Waals surface area contributed by atoms with Gasteiger partial charge in [-0.2, -0.15) is 0 Å². The number of amides is 1. The number of thiazole rings is 1. The molecule has 2 aromatic carbocycles. The largest absolute Gasteiger partial charge is 0.302 e. The summed E-state index contributed by atoms with van der Waals surface area (Å²) in [5.41, 5.74) is 5.33. The van der Waals surface area contributed by atoms with Crippen molar-refractivity contribution in [1.29, 1.82) is 0 Å². The van der Waals surface area contributed by atoms with Crippen LogP contribution in [-0.2, 0) is 11.2 Å². The Morgan fingerprint density at radius 3 is 2.43 bits per heavy atom. The van der Waals surface area contributed by atoms with Crippen molar-refractivity contribution in [2.24, 2.45) is 0 Å². The lowest BCUT2D eigenvalue weighted by atomic mass is 10.0. The summed E-state index contributed by atoms with van der Waals surface area (Å²) in [6.45, 7) is 13.8. The first-order chi connectivity index (χ1) is 14.3. The van der Waals surface area contributed by atoms with Crippen LogP contribution in [0.4, 0.5) is 5.13 Å². The molecule has 3 aromatic rings. The molecule has 1 heterocycles. The van der Waals surface area contributed by atoms with E-state index in [9.17, 15) is 4.79 Å². The number of benzene rings is 2. The minimum Gasteiger partial charge on any atom is -0.302 e. The molecule has 0 bridgehead atoms. The monoisotopic (exact) mass is 443 g/mol. The SMILES string of the molecule is CCN(CC)CCN(C(=O)Cc1ccc(C)c(C)c1)c1nc2c(C)c(Cl)ccc2s1. The molecule has 4 nitrogen and oxygen atoms in total. The van der Waals surface area contributed by atoms with E-state index in [1.54, 1.807) is 11.3 Å². The van der Waals surface area contributed by atoms with Gasteiger partial charge in [-0.15, -0.1) is 0 Å². The Morgan fingerprint density at radius 1 is 1.03 bits per heavy atom. The topological polar surface area (TPSA) is 36.4 Å². The van der Waals surface area contributed by atoms with Gasteiger partial charge in [-0.05, 0) is 68.2 Å². The third kappa shape index (κ3) is 5.02. The van der Waals surface area contributed by atoms with Gasteiger partial charge in [0.1, 0.15) is 0 Å². The quantitative estimate of drug-likeness (QED) is 0.442. The van der Waals surface area contributed by atoms with Gasteiger partial charge in [-0.1, -0.05) is 55.0 Å². The van der Waals surface area contributed by atoms with Crippen molar-refractivity contribution < 1.29 is 4.79 Å². The normalized spacial score (nSPS) is 11.4. The van der Waals surface area contributed by atoms with E-state index in [-0.39, 0.29) is 5.91 Å². The number of rotatable bonds is 8. The van der Waals surface area contributed by atoms with E-state index in [1.807, 2.05) is 30.0 Å². The van der Waals surface area contributed by atoms with Gasteiger partial charge in [0.25, 0.3) is 0 Å². The molecule has 0 saturated carbocycles. The maximum absolute atomic E-state index is 13.4. The predicted octanol–water partition coefficient (Wildman–Crippen LogP) is 5.79. The number of carbonyl (C=O) groups is 1. The van der Waals surface area contributed by atoms with Gasteiger partial charge < -0.3 is 4.90 Å². The van der Waals surface area contributed by atoms with Gasteiger partial charge in [0, 0.05) is 18.1 Å². The van der Waals surface area contributed by atoms with Crippen LogP contribution in [0, 0.1) is 20.8 Å². The summed E-state index contributed by atoms with van der Waals surface area (Å²) in [4.78, 5) is 22.4. The minimum atomic E-state index is 0.0771. The highest BCUT2D eigenvalue weighted by Gasteiger charge is 2.21. The average Bonchev–Trinajstić information content (AvgIpc) is 3.15. The molecule has 0 fully saturated rings. The number of hydrogen-bond acceptors (Lipinski definition) is 4. The maximum Gasteiger partial charge on any atom is 0.233 e. The van der Waals surface area contributed by atoms with Crippen LogP contribution < -0.4 is 4.90 Å². The second-order valence-corrected chi connectivity index (χ2v) is 9.10. The number of carbonyl (C=O) groups excluding carboxylic acids is 1. The zero-order chi connectivity index (χ0) is 21.8. The molecule has 30 heavy (non-hydrogen) atoms. The first kappa shape index (κ1) is 22.7. The summed E-state index contributed by atoms with van der Waals surface area (Å²) < 4.78 is 1.05. The van der Waals surface area contributed by atoms with Crippen LogP contribution in [0.1, 0.15) is 36.1 Å². The third-order valence-electron chi connectivity index (χ3n) is 5.73. The number of nitrogens with zero attached hydrogens (tertiary/aromatic N) is 3. The molecule has 0 aliphatic rings. The molecule has 1 aromatic heterocycles. The van der Waals surface area contributed by atoms with Crippen molar-refractivity contribution in [3.05, 3.63) is 57.6 Å². The molecule has 3 rings (SSSR count). The van der Waals surface area contributed by atoms with Crippen molar-refractivity contribution >= 4 is 44.2 Å². The predicted molar refractivity (Wildman–Crippen MR) is 129 cm³/mol. The van der Waals surface area contributed by atoms with Crippen LogP contribution in [-0.4, -0.2) is 42.0 Å². The van der Waals surface area contributed by atoms with Crippen LogP contribution in [0.3, 0.4) is 0 Å². The molecule has 160 valence electrons. The lowest BCUT2D eigenvalue weighted by Crippen LogP contribution is -2.39. The Morgan fingerprint density at radius 2 is 1.77 bits per heavy atom. The molecule has 0 spiro atoms. The van der Waals surface area contributed by atoms with Crippen molar-refractivity contribution in [3.8, 4) is 0 Å². The Bertz CT molecular complexity index is 1040. The van der Waals surface area contributed by atoms with Crippen LogP contribution in [0.15, 0.2) is 30.3 Å². The maximum atomic E-state index is 13.4. The molecule has 1 amide bonds. The zero-order valence-electron chi connectivity index (χ0n) is 18.5. The highest BCUT2D eigenvalue weighted by atomic mass is 35.5. The Labute approximate surface area is 188 Å². The van der Waals surface area contributed by atoms with E-state index in [2.05, 4.69) is 44.7 Å². The van der Waals surface area contributed by atoms with Crippen LogP contribution in [0.2, 0.25) is 5.02 Å². The van der Waals surface area contributed by atoms with E-state index < -0.39 is 0 Å². The van der Waals surface area contributed by atoms with Crippen molar-refractivity contribution in [2.75, 3.05) is 31.1 Å². The van der Waals surface area contributed by atoms with E-state index in [4.69, 9.17) is 16.6 Å². The Hall–Kier alpha value is -1.95. The standard InChI is InChI=1S/C24H30ClN3OS/c1-6-27(7-2)12-13-28(22(29)15-19-9-8-16(3)17(4)14-19)24-26-23-18(5)20(25)10-11-21(23)30-24/h8-11,14H,6-7,12-13,15H2,1-5H3. The van der Waals surface area contributed by atoms with Gasteiger partial charge >= 0.3 is 0 Å². The Balaban J connectivity index is 1.92. The van der Waals surface area contributed by atoms with Crippen molar-refractivity contribution in [3.63, 3.8) is 0 Å². The summed E-state index contributed by atoms with van der Waals surface area (Å²) in [5.74, 6) is 0.0771. The van der Waals surface area contributed by atoms with Gasteiger partial charge in [-0.3, -0.25) is 9.69 Å². The summed E-state index contributed by atoms with van der Waals surface area (Å²) in [6, 6.07) is 10.1. The fourth-order valence-corrected chi connectivity index (χ4v) is 4.72. The third-order valence-corrected chi connectivity index (χ3v) is 7.18. The number of fused-ring (bicyclic) bond motifs is 1. The molecule has 0 aliphatic heterocycles. The highest BCUT2D eigenvalue weighted by molar-refractivity contribution is 7.22. The summed E-state index contributed by atoms with van der Waals surface area (Å²) >= 11 is 7.85. The van der Waals surface area contributed by atoms with Crippen molar-refractivity contribution in [1.82, 2.24) is 9.88 Å². The minimum absolute atomic E-state index is 0.0771. The van der Waals surface area contributed by atoms with Crippen LogP contribution in [0.25, 0.3) is 10.2 Å². The van der Waals surface area contributed by atoms with E-state index in [1.165, 1.54) is 11.1 Å². The summed E-state index contributed by atoms with van der Waals surface area (Å²) in [7, 11) is 0. The number of likely N-dealkylation sites (N-methyl/N-ethyl adjacent to an activating group) is 1. The number of aromatic nitrogens is 1. The van der Waals surface area contributed by atoms with Crippen LogP contribution >= 0.6 is 22.9 Å². The van der Waals surface area contributed by atoms with Gasteiger partial charge in [0.2, 0.25) is 5.91 Å². The number of hydrogen-bond donors (Lipinski definition) is 0. The summed E-state index contributed by atoms with van der Waals surface area (Å²) in [5, 5.41) is 1.45. The van der Waals surface area contributed by atoms with Gasteiger partial charge in [0.15, 0.2) is 5.13 Å². The van der Waals surface area contributed by atoms with E-state index in [0.29, 0.717) is 18.0 Å². The molecule has 0 N–H and O–H groups in total. The smallest absolute Gasteiger partial charge is 0.233 e. The second kappa shape index (κ2) is 9.90. The number of halogens is 1. The fraction of sp³-hybridized carbons (Fsp3) is 0.417. The summed E-state index contributed by atoms with van der Waals surface area (Å²) in [6.07, 6.45) is 0.370. The van der Waals surface area contributed by atoms with E-state index in [0.717, 1.165) is 46.1 Å². The Kier molecular flexibility index (Phi) is 7.50. The molecule has 6 heteroatoms. The first-order valence-corrected chi connectivity index (χ1v) is 11.7. The van der Waals surface area contributed by atoms with Crippen LogP contribution in [0.5, 0.6) is 0 Å². The number of aryl methyl sites for hydroxylation is 3. The molecule has 0 saturated heterocycles. The fourth-order valence-electron chi connectivity index (χ4n) is 3.50. The van der Waals surface area contributed by atoms with E-state index >= 15 is 0 Å². The lowest BCUT2D eigenvalue weighted by molar-refractivity contribution is -0.118. The van der Waals surface area contributed by atoms with Gasteiger partial charge in [-0.25, -0.2) is 4.98 Å².